The van der Waals surface area contributed by atoms with Crippen LogP contribution in [0.15, 0.2) is 12.3 Å². The van der Waals surface area contributed by atoms with Gasteiger partial charge in [0, 0.05) is 5.54 Å². The lowest BCUT2D eigenvalue weighted by Crippen LogP contribution is -2.42. The predicted molar refractivity (Wildman–Crippen MR) is 48.4 cm³/mol. The highest BCUT2D eigenvalue weighted by Crippen LogP contribution is 2.05. The van der Waals surface area contributed by atoms with Crippen molar-refractivity contribution in [2.24, 2.45) is 0 Å². The van der Waals surface area contributed by atoms with E-state index in [-0.39, 0.29) is 5.75 Å². The molecule has 4 nitrogen and oxygen atoms in total. The van der Waals surface area contributed by atoms with Crippen molar-refractivity contribution in [3.8, 4) is 0 Å². The van der Waals surface area contributed by atoms with Crippen LogP contribution in [0.25, 0.3) is 0 Å². The molecule has 0 aromatic carbocycles. The van der Waals surface area contributed by atoms with E-state index in [4.69, 9.17) is 4.55 Å². The average molecular weight is 193 g/mol. The van der Waals surface area contributed by atoms with Crippen molar-refractivity contribution < 1.29 is 13.0 Å². The lowest BCUT2D eigenvalue weighted by molar-refractivity contribution is 0.437. The molecule has 12 heavy (non-hydrogen) atoms. The van der Waals surface area contributed by atoms with Gasteiger partial charge < -0.3 is 5.32 Å². The molecule has 0 aromatic rings. The summed E-state index contributed by atoms with van der Waals surface area (Å²) in [4.78, 5) is 0. The van der Waals surface area contributed by atoms with E-state index in [9.17, 15) is 8.42 Å². The highest BCUT2D eigenvalue weighted by atomic mass is 32.2. The van der Waals surface area contributed by atoms with Gasteiger partial charge in [-0.3, -0.25) is 4.55 Å². The van der Waals surface area contributed by atoms with Crippen LogP contribution in [-0.4, -0.2) is 24.3 Å². The molecule has 0 radical (unpaired) electrons. The molecule has 0 aliphatic heterocycles. The summed E-state index contributed by atoms with van der Waals surface area (Å²) in [6.07, 6.45) is 3.40. The van der Waals surface area contributed by atoms with E-state index in [0.29, 0.717) is 0 Å². The molecule has 0 aliphatic carbocycles. The molecule has 0 aromatic heterocycles. The Balaban J connectivity index is 4.23. The molecule has 0 spiro atoms. The summed E-state index contributed by atoms with van der Waals surface area (Å²) in [6, 6.07) is 0. The van der Waals surface area contributed by atoms with E-state index >= 15 is 0 Å². The normalized spacial score (nSPS) is 13.7. The van der Waals surface area contributed by atoms with E-state index in [1.807, 2.05) is 6.92 Å². The number of hydrogen-bond acceptors (Lipinski definition) is 3. The third-order valence-electron chi connectivity index (χ3n) is 1.18. The fourth-order valence-electron chi connectivity index (χ4n) is 0.807. The summed E-state index contributed by atoms with van der Waals surface area (Å²) in [7, 11) is -3.91. The second kappa shape index (κ2) is 3.91. The van der Waals surface area contributed by atoms with Gasteiger partial charge in [-0.25, -0.2) is 0 Å². The predicted octanol–water partition coefficient (Wildman–Crippen LogP) is 0.776. The standard InChI is InChI=1S/C7H15NO3S/c1-4-5-8-7(2,3)6-12(9,10)11/h4-5,8H,6H2,1-3H3,(H,9,10,11)/b5-4-. The zero-order valence-corrected chi connectivity index (χ0v) is 8.35. The van der Waals surface area contributed by atoms with Gasteiger partial charge in [0.1, 0.15) is 0 Å². The van der Waals surface area contributed by atoms with Gasteiger partial charge >= 0.3 is 0 Å². The molecular weight excluding hydrogens is 178 g/mol. The third kappa shape index (κ3) is 6.18. The second-order valence-electron chi connectivity index (χ2n) is 3.25. The Morgan fingerprint density at radius 2 is 2.00 bits per heavy atom. The van der Waals surface area contributed by atoms with Gasteiger partial charge in [-0.15, -0.1) is 0 Å². The first-order valence-corrected chi connectivity index (χ1v) is 5.22. The van der Waals surface area contributed by atoms with Crippen molar-refractivity contribution in [1.29, 1.82) is 0 Å². The molecule has 0 heterocycles. The van der Waals surface area contributed by atoms with Gasteiger partial charge in [-0.05, 0) is 27.0 Å². The molecule has 2 N–H and O–H groups in total. The molecular formula is C7H15NO3S. The van der Waals surface area contributed by atoms with Crippen LogP contribution >= 0.6 is 0 Å². The first kappa shape index (κ1) is 11.4. The zero-order chi connectivity index (χ0) is 9.83. The van der Waals surface area contributed by atoms with Gasteiger partial charge in [-0.2, -0.15) is 8.42 Å². The Morgan fingerprint density at radius 3 is 2.33 bits per heavy atom. The summed E-state index contributed by atoms with van der Waals surface area (Å²) in [5, 5.41) is 2.85. The molecule has 0 saturated carbocycles. The maximum atomic E-state index is 10.5. The van der Waals surface area contributed by atoms with Crippen molar-refractivity contribution in [3.63, 3.8) is 0 Å². The Morgan fingerprint density at radius 1 is 1.50 bits per heavy atom. The van der Waals surface area contributed by atoms with Crippen LogP contribution in [0.3, 0.4) is 0 Å². The average Bonchev–Trinajstić information content (AvgIpc) is 1.78. The summed E-state index contributed by atoms with van der Waals surface area (Å²) in [5.41, 5.74) is -0.639. The van der Waals surface area contributed by atoms with Crippen LogP contribution in [0.1, 0.15) is 20.8 Å². The topological polar surface area (TPSA) is 66.4 Å². The molecule has 0 aliphatic rings. The third-order valence-corrected chi connectivity index (χ3v) is 2.27. The fourth-order valence-corrected chi connectivity index (χ4v) is 1.80. The van der Waals surface area contributed by atoms with E-state index in [1.54, 1.807) is 26.1 Å². The maximum Gasteiger partial charge on any atom is 0.267 e. The molecule has 0 atom stereocenters. The van der Waals surface area contributed by atoms with E-state index in [1.165, 1.54) is 0 Å². The molecule has 0 amide bonds. The van der Waals surface area contributed by atoms with Gasteiger partial charge in [0.2, 0.25) is 0 Å². The quantitative estimate of drug-likeness (QED) is 0.647. The highest BCUT2D eigenvalue weighted by molar-refractivity contribution is 7.85. The highest BCUT2D eigenvalue weighted by Gasteiger charge is 2.22. The van der Waals surface area contributed by atoms with Crippen molar-refractivity contribution in [2.75, 3.05) is 5.75 Å². The number of hydrogen-bond donors (Lipinski definition) is 2. The monoisotopic (exact) mass is 193 g/mol. The molecule has 72 valence electrons. The van der Waals surface area contributed by atoms with Crippen LogP contribution in [0.5, 0.6) is 0 Å². The van der Waals surface area contributed by atoms with Gasteiger partial charge in [0.25, 0.3) is 10.1 Å². The summed E-state index contributed by atoms with van der Waals surface area (Å²) < 4.78 is 29.6. The van der Waals surface area contributed by atoms with Crippen LogP contribution in [0.4, 0.5) is 0 Å². The lowest BCUT2D eigenvalue weighted by atomic mass is 10.1. The molecule has 0 fully saturated rings. The van der Waals surface area contributed by atoms with Crippen molar-refractivity contribution in [2.45, 2.75) is 26.3 Å². The Hall–Kier alpha value is -0.550. The van der Waals surface area contributed by atoms with Crippen molar-refractivity contribution in [3.05, 3.63) is 12.3 Å². The van der Waals surface area contributed by atoms with Crippen molar-refractivity contribution in [1.82, 2.24) is 5.32 Å². The molecule has 0 unspecified atom stereocenters. The first-order chi connectivity index (χ1) is 5.27. The fraction of sp³-hybridized carbons (Fsp3) is 0.714. The van der Waals surface area contributed by atoms with E-state index in [2.05, 4.69) is 5.32 Å². The van der Waals surface area contributed by atoms with Crippen LogP contribution in [0.2, 0.25) is 0 Å². The Labute approximate surface area is 73.4 Å². The SMILES string of the molecule is C/C=C\NC(C)(C)CS(=O)(=O)O. The lowest BCUT2D eigenvalue weighted by Gasteiger charge is -2.23. The molecule has 0 saturated heterocycles. The van der Waals surface area contributed by atoms with Crippen LogP contribution in [0, 0.1) is 0 Å². The summed E-state index contributed by atoms with van der Waals surface area (Å²) in [6.45, 7) is 5.21. The van der Waals surface area contributed by atoms with Crippen LogP contribution in [-0.2, 0) is 10.1 Å². The Kier molecular flexibility index (Phi) is 3.73. The molecule has 5 heteroatoms. The van der Waals surface area contributed by atoms with E-state index < -0.39 is 15.7 Å². The summed E-state index contributed by atoms with van der Waals surface area (Å²) >= 11 is 0. The maximum absolute atomic E-state index is 10.5. The van der Waals surface area contributed by atoms with Gasteiger partial charge in [-0.1, -0.05) is 6.08 Å². The largest absolute Gasteiger partial charge is 0.385 e. The van der Waals surface area contributed by atoms with E-state index in [0.717, 1.165) is 0 Å². The number of allylic oxidation sites excluding steroid dienone is 1. The first-order valence-electron chi connectivity index (χ1n) is 3.61. The number of nitrogens with one attached hydrogen (secondary N) is 1. The molecule has 0 rings (SSSR count). The zero-order valence-electron chi connectivity index (χ0n) is 7.53. The minimum atomic E-state index is -3.91. The summed E-state index contributed by atoms with van der Waals surface area (Å²) in [5.74, 6) is -0.301. The number of rotatable bonds is 4. The van der Waals surface area contributed by atoms with Crippen molar-refractivity contribution >= 4 is 10.1 Å². The van der Waals surface area contributed by atoms with Crippen LogP contribution < -0.4 is 5.32 Å². The minimum absolute atomic E-state index is 0.301. The molecule has 0 bridgehead atoms. The second-order valence-corrected chi connectivity index (χ2v) is 4.71. The van der Waals surface area contributed by atoms with Gasteiger partial charge in [0.15, 0.2) is 0 Å². The van der Waals surface area contributed by atoms with Gasteiger partial charge in [0.05, 0.1) is 5.75 Å². The Bertz CT molecular complexity index is 254. The smallest absolute Gasteiger partial charge is 0.267 e. The minimum Gasteiger partial charge on any atom is -0.385 e.